The molecule has 0 aromatic heterocycles. The molecule has 1 heterocycles. The van der Waals surface area contributed by atoms with E-state index in [1.54, 1.807) is 12.1 Å². The molecule has 0 fully saturated rings. The van der Waals surface area contributed by atoms with Crippen LogP contribution in [-0.4, -0.2) is 15.0 Å². The van der Waals surface area contributed by atoms with Crippen molar-refractivity contribution >= 4 is 26.5 Å². The summed E-state index contributed by atoms with van der Waals surface area (Å²) >= 11 is 0. The van der Waals surface area contributed by atoms with Gasteiger partial charge in [-0.2, -0.15) is 5.26 Å². The van der Waals surface area contributed by atoms with Crippen LogP contribution in [0.15, 0.2) is 41.3 Å². The maximum Gasteiger partial charge on any atom is 0.265 e. The van der Waals surface area contributed by atoms with Crippen LogP contribution in [0.1, 0.15) is 20.3 Å². The number of anilines is 1. The third-order valence-corrected chi connectivity index (χ3v) is 5.78. The minimum atomic E-state index is -3.51. The van der Waals surface area contributed by atoms with Crippen LogP contribution in [0.5, 0.6) is 0 Å². The summed E-state index contributed by atoms with van der Waals surface area (Å²) in [6.07, 6.45) is 0.493. The van der Waals surface area contributed by atoms with Crippen molar-refractivity contribution in [1.82, 2.24) is 0 Å². The van der Waals surface area contributed by atoms with Gasteiger partial charge in [0.05, 0.1) is 22.1 Å². The van der Waals surface area contributed by atoms with Crippen LogP contribution in [0.25, 0.3) is 10.8 Å². The maximum absolute atomic E-state index is 12.7. The van der Waals surface area contributed by atoms with Crippen molar-refractivity contribution in [3.8, 4) is 6.07 Å². The zero-order valence-corrected chi connectivity index (χ0v) is 12.8. The number of benzene rings is 2. The van der Waals surface area contributed by atoms with E-state index in [2.05, 4.69) is 6.07 Å². The highest BCUT2D eigenvalue weighted by Crippen LogP contribution is 2.42. The zero-order chi connectivity index (χ0) is 15.3. The Morgan fingerprint density at radius 3 is 2.52 bits per heavy atom. The van der Waals surface area contributed by atoms with E-state index in [1.807, 2.05) is 38.1 Å². The third-order valence-electron chi connectivity index (χ3n) is 3.92. The average Bonchev–Trinajstić information content (AvgIpc) is 2.67. The summed E-state index contributed by atoms with van der Waals surface area (Å²) in [7, 11) is -3.51. The number of hydrogen-bond donors (Lipinski definition) is 0. The van der Waals surface area contributed by atoms with Crippen LogP contribution in [0.4, 0.5) is 5.69 Å². The van der Waals surface area contributed by atoms with Gasteiger partial charge in [0.1, 0.15) is 0 Å². The normalized spacial score (nSPS) is 16.1. The Bertz CT molecular complexity index is 858. The summed E-state index contributed by atoms with van der Waals surface area (Å²) in [4.78, 5) is 0.366. The van der Waals surface area contributed by atoms with Crippen molar-refractivity contribution in [3.63, 3.8) is 0 Å². The lowest BCUT2D eigenvalue weighted by molar-refractivity contribution is 0.459. The first-order valence-corrected chi connectivity index (χ1v) is 8.27. The molecule has 0 N–H and O–H groups in total. The summed E-state index contributed by atoms with van der Waals surface area (Å²) in [5.74, 6) is 0. The molecule has 0 saturated heterocycles. The van der Waals surface area contributed by atoms with E-state index in [0.717, 1.165) is 16.5 Å². The first-order valence-electron chi connectivity index (χ1n) is 6.83. The van der Waals surface area contributed by atoms with Crippen molar-refractivity contribution in [2.75, 3.05) is 10.8 Å². The minimum Gasteiger partial charge on any atom is -0.266 e. The summed E-state index contributed by atoms with van der Waals surface area (Å²) in [5, 5.41) is 10.8. The molecule has 2 aromatic carbocycles. The Labute approximate surface area is 124 Å². The minimum absolute atomic E-state index is 0.316. The van der Waals surface area contributed by atoms with Crippen LogP contribution >= 0.6 is 0 Å². The van der Waals surface area contributed by atoms with Crippen molar-refractivity contribution in [1.29, 1.82) is 5.26 Å². The number of hydrogen-bond acceptors (Lipinski definition) is 3. The highest BCUT2D eigenvalue weighted by molar-refractivity contribution is 7.93. The molecular weight excluding hydrogens is 284 g/mol. The Kier molecular flexibility index (Phi) is 2.96. The van der Waals surface area contributed by atoms with Gasteiger partial charge in [0.25, 0.3) is 10.0 Å². The molecule has 5 heteroatoms. The number of sulfonamides is 1. The Morgan fingerprint density at radius 1 is 1.19 bits per heavy atom. The standard InChI is InChI=1S/C16H16N2O2S/c1-16(2,11-17)9-10-18-13-7-3-5-12-6-4-8-14(15(12)13)21(18,19)20/h3-8H,9-10H2,1-2H3. The highest BCUT2D eigenvalue weighted by Gasteiger charge is 2.36. The van der Waals surface area contributed by atoms with E-state index < -0.39 is 15.4 Å². The van der Waals surface area contributed by atoms with E-state index in [1.165, 1.54) is 4.31 Å². The van der Waals surface area contributed by atoms with Crippen molar-refractivity contribution in [2.24, 2.45) is 5.41 Å². The largest absolute Gasteiger partial charge is 0.266 e. The molecule has 2 aromatic rings. The van der Waals surface area contributed by atoms with Gasteiger partial charge < -0.3 is 0 Å². The topological polar surface area (TPSA) is 61.2 Å². The van der Waals surface area contributed by atoms with Crippen LogP contribution in [0.3, 0.4) is 0 Å². The van der Waals surface area contributed by atoms with Gasteiger partial charge in [-0.05, 0) is 37.8 Å². The lowest BCUT2D eigenvalue weighted by Gasteiger charge is -2.22. The fourth-order valence-corrected chi connectivity index (χ4v) is 4.35. The molecule has 1 aliphatic rings. The van der Waals surface area contributed by atoms with Crippen LogP contribution in [0.2, 0.25) is 0 Å². The number of rotatable bonds is 3. The van der Waals surface area contributed by atoms with Crippen molar-refractivity contribution < 1.29 is 8.42 Å². The first-order chi connectivity index (χ1) is 9.87. The van der Waals surface area contributed by atoms with Gasteiger partial charge in [0.15, 0.2) is 0 Å². The number of nitrogens with zero attached hydrogens (tertiary/aromatic N) is 2. The van der Waals surface area contributed by atoms with Gasteiger partial charge in [0, 0.05) is 11.9 Å². The van der Waals surface area contributed by atoms with Gasteiger partial charge in [0.2, 0.25) is 0 Å². The van der Waals surface area contributed by atoms with Crippen LogP contribution < -0.4 is 4.31 Å². The van der Waals surface area contributed by atoms with Crippen molar-refractivity contribution in [3.05, 3.63) is 36.4 Å². The van der Waals surface area contributed by atoms with Crippen LogP contribution in [0, 0.1) is 16.7 Å². The lowest BCUT2D eigenvalue weighted by Crippen LogP contribution is -2.30. The molecule has 0 saturated carbocycles. The Morgan fingerprint density at radius 2 is 1.86 bits per heavy atom. The maximum atomic E-state index is 12.7. The van der Waals surface area contributed by atoms with E-state index >= 15 is 0 Å². The SMILES string of the molecule is CC(C)(C#N)CCN1c2cccc3cccc(c23)S1(=O)=O. The summed E-state index contributed by atoms with van der Waals surface area (Å²) in [6.45, 7) is 3.96. The Balaban J connectivity index is 2.10. The second-order valence-corrected chi connectivity index (χ2v) is 7.78. The zero-order valence-electron chi connectivity index (χ0n) is 12.0. The molecule has 0 bridgehead atoms. The first kappa shape index (κ1) is 13.9. The monoisotopic (exact) mass is 300 g/mol. The second-order valence-electron chi connectivity index (χ2n) is 5.95. The molecule has 4 nitrogen and oxygen atoms in total. The summed E-state index contributed by atoms with van der Waals surface area (Å²) < 4.78 is 26.9. The highest BCUT2D eigenvalue weighted by atomic mass is 32.2. The predicted molar refractivity (Wildman–Crippen MR) is 82.5 cm³/mol. The molecule has 0 unspecified atom stereocenters. The van der Waals surface area contributed by atoms with Gasteiger partial charge >= 0.3 is 0 Å². The van der Waals surface area contributed by atoms with Gasteiger partial charge in [-0.25, -0.2) is 8.42 Å². The molecule has 3 rings (SSSR count). The summed E-state index contributed by atoms with van der Waals surface area (Å²) in [6, 6.07) is 13.2. The summed E-state index contributed by atoms with van der Waals surface area (Å²) in [5.41, 5.74) is 0.176. The van der Waals surface area contributed by atoms with E-state index in [0.29, 0.717) is 17.9 Å². The quantitative estimate of drug-likeness (QED) is 0.874. The fraction of sp³-hybridized carbons (Fsp3) is 0.312. The van der Waals surface area contributed by atoms with Crippen molar-refractivity contribution in [2.45, 2.75) is 25.2 Å². The fourth-order valence-electron chi connectivity index (χ4n) is 2.64. The second kappa shape index (κ2) is 4.47. The van der Waals surface area contributed by atoms with Crippen LogP contribution in [-0.2, 0) is 10.0 Å². The van der Waals surface area contributed by atoms with Gasteiger partial charge in [-0.15, -0.1) is 0 Å². The molecule has 0 amide bonds. The lowest BCUT2D eigenvalue weighted by atomic mass is 9.91. The molecule has 0 atom stereocenters. The number of nitriles is 1. The molecule has 108 valence electrons. The molecule has 0 aliphatic carbocycles. The Hall–Kier alpha value is -2.06. The molecule has 0 spiro atoms. The van der Waals surface area contributed by atoms with E-state index in [4.69, 9.17) is 5.26 Å². The van der Waals surface area contributed by atoms with E-state index in [9.17, 15) is 8.42 Å². The smallest absolute Gasteiger partial charge is 0.265 e. The van der Waals surface area contributed by atoms with Gasteiger partial charge in [-0.3, -0.25) is 4.31 Å². The van der Waals surface area contributed by atoms with E-state index in [-0.39, 0.29) is 0 Å². The van der Waals surface area contributed by atoms with Gasteiger partial charge in [-0.1, -0.05) is 24.3 Å². The average molecular weight is 300 g/mol. The molecule has 1 aliphatic heterocycles. The predicted octanol–water partition coefficient (Wildman–Crippen LogP) is 3.29. The molecular formula is C16H16N2O2S. The third kappa shape index (κ3) is 2.07. The molecule has 21 heavy (non-hydrogen) atoms. The molecule has 0 radical (unpaired) electrons.